The number of hydrogen-bond donors (Lipinski definition) is 1. The molecule has 1 saturated heterocycles. The highest BCUT2D eigenvalue weighted by Gasteiger charge is 2.20. The van der Waals surface area contributed by atoms with Crippen LogP contribution in [-0.2, 0) is 0 Å². The molecule has 6 nitrogen and oxygen atoms in total. The Bertz CT molecular complexity index is 721. The lowest BCUT2D eigenvalue weighted by molar-refractivity contribution is 0.0663. The molecule has 0 spiro atoms. The van der Waals surface area contributed by atoms with Gasteiger partial charge in [-0.3, -0.25) is 4.79 Å². The van der Waals surface area contributed by atoms with Crippen LogP contribution < -0.4 is 5.32 Å². The van der Waals surface area contributed by atoms with E-state index in [2.05, 4.69) is 45.4 Å². The normalized spacial score (nSPS) is 15.4. The second-order valence-corrected chi connectivity index (χ2v) is 6.33. The van der Waals surface area contributed by atoms with Crippen molar-refractivity contribution in [3.8, 4) is 0 Å². The maximum atomic E-state index is 12.5. The van der Waals surface area contributed by atoms with Gasteiger partial charge in [0.15, 0.2) is 0 Å². The first-order valence-corrected chi connectivity index (χ1v) is 8.17. The number of piperazine rings is 1. The number of nitrogens with zero attached hydrogens (tertiary/aromatic N) is 4. The number of rotatable bonds is 3. The average Bonchev–Trinajstić information content (AvgIpc) is 2.59. The minimum Gasteiger partial charge on any atom is -0.336 e. The third-order valence-electron chi connectivity index (χ3n) is 4.33. The zero-order chi connectivity index (χ0) is 17.1. The fraction of sp³-hybridized carbons (Fsp3) is 0.389. The van der Waals surface area contributed by atoms with Crippen molar-refractivity contribution < 1.29 is 4.79 Å². The molecular formula is C18H23N5O. The van der Waals surface area contributed by atoms with Gasteiger partial charge in [-0.15, -0.1) is 0 Å². The minimum atomic E-state index is 0.00128. The molecule has 126 valence electrons. The summed E-state index contributed by atoms with van der Waals surface area (Å²) in [7, 11) is 2.07. The van der Waals surface area contributed by atoms with Crippen molar-refractivity contribution in [2.75, 3.05) is 38.5 Å². The fourth-order valence-corrected chi connectivity index (χ4v) is 2.69. The van der Waals surface area contributed by atoms with Gasteiger partial charge in [-0.05, 0) is 38.1 Å². The molecular weight excluding hydrogens is 302 g/mol. The Balaban J connectivity index is 1.69. The highest BCUT2D eigenvalue weighted by Crippen LogP contribution is 2.19. The summed E-state index contributed by atoms with van der Waals surface area (Å²) >= 11 is 0. The molecule has 2 heterocycles. The molecule has 6 heteroatoms. The number of carbonyl (C=O) groups excluding carboxylic acids is 1. The van der Waals surface area contributed by atoms with E-state index in [1.54, 1.807) is 12.4 Å². The SMILES string of the molecule is Cc1ccc(C)c(Nc2ncc(C(=O)N3CCN(C)CC3)cn2)c1. The van der Waals surface area contributed by atoms with Crippen molar-refractivity contribution in [2.45, 2.75) is 13.8 Å². The molecule has 1 fully saturated rings. The van der Waals surface area contributed by atoms with Crippen LogP contribution in [0.4, 0.5) is 11.6 Å². The van der Waals surface area contributed by atoms with Gasteiger partial charge in [0, 0.05) is 44.3 Å². The highest BCUT2D eigenvalue weighted by atomic mass is 16.2. The molecule has 1 aliphatic rings. The topological polar surface area (TPSA) is 61.4 Å². The van der Waals surface area contributed by atoms with Gasteiger partial charge in [-0.25, -0.2) is 9.97 Å². The van der Waals surface area contributed by atoms with E-state index < -0.39 is 0 Å². The van der Waals surface area contributed by atoms with E-state index in [1.165, 1.54) is 5.56 Å². The lowest BCUT2D eigenvalue weighted by atomic mass is 10.1. The molecule has 1 aliphatic heterocycles. The van der Waals surface area contributed by atoms with Crippen LogP contribution in [0.3, 0.4) is 0 Å². The third kappa shape index (κ3) is 3.71. The second kappa shape index (κ2) is 6.97. The van der Waals surface area contributed by atoms with Crippen LogP contribution in [0.5, 0.6) is 0 Å². The van der Waals surface area contributed by atoms with Crippen LogP contribution in [-0.4, -0.2) is 58.9 Å². The predicted molar refractivity (Wildman–Crippen MR) is 94.6 cm³/mol. The molecule has 0 radical (unpaired) electrons. The van der Waals surface area contributed by atoms with E-state index in [0.717, 1.165) is 37.4 Å². The van der Waals surface area contributed by atoms with Gasteiger partial charge in [0.05, 0.1) is 5.56 Å². The number of nitrogens with one attached hydrogen (secondary N) is 1. The molecule has 2 aromatic rings. The largest absolute Gasteiger partial charge is 0.336 e. The summed E-state index contributed by atoms with van der Waals surface area (Å²) < 4.78 is 0. The summed E-state index contributed by atoms with van der Waals surface area (Å²) in [6.07, 6.45) is 3.20. The Morgan fingerprint density at radius 2 is 1.75 bits per heavy atom. The number of aromatic nitrogens is 2. The van der Waals surface area contributed by atoms with Crippen molar-refractivity contribution in [1.29, 1.82) is 0 Å². The van der Waals surface area contributed by atoms with E-state index >= 15 is 0 Å². The summed E-state index contributed by atoms with van der Waals surface area (Å²) in [5.74, 6) is 0.500. The van der Waals surface area contributed by atoms with Crippen LogP contribution in [0.2, 0.25) is 0 Å². The van der Waals surface area contributed by atoms with Crippen molar-refractivity contribution in [3.63, 3.8) is 0 Å². The highest BCUT2D eigenvalue weighted by molar-refractivity contribution is 5.93. The van der Waals surface area contributed by atoms with E-state index in [1.807, 2.05) is 18.7 Å². The molecule has 3 rings (SSSR count). The first-order chi connectivity index (χ1) is 11.5. The van der Waals surface area contributed by atoms with Crippen molar-refractivity contribution in [1.82, 2.24) is 19.8 Å². The standard InChI is InChI=1S/C18H23N5O/c1-13-4-5-14(2)16(10-13)21-18-19-11-15(12-20-18)17(24)23-8-6-22(3)7-9-23/h4-5,10-12H,6-9H2,1-3H3,(H,19,20,21). The number of likely N-dealkylation sites (N-methyl/N-ethyl adjacent to an activating group) is 1. The quantitative estimate of drug-likeness (QED) is 0.937. The maximum absolute atomic E-state index is 12.5. The number of amides is 1. The Hall–Kier alpha value is -2.47. The van der Waals surface area contributed by atoms with Crippen LogP contribution in [0, 0.1) is 13.8 Å². The molecule has 24 heavy (non-hydrogen) atoms. The molecule has 1 N–H and O–H groups in total. The Kier molecular flexibility index (Phi) is 4.76. The fourth-order valence-electron chi connectivity index (χ4n) is 2.69. The summed E-state index contributed by atoms with van der Waals surface area (Å²) in [6, 6.07) is 6.18. The number of aryl methyl sites for hydroxylation is 2. The number of hydrogen-bond acceptors (Lipinski definition) is 5. The first kappa shape index (κ1) is 16.4. The van der Waals surface area contributed by atoms with Crippen LogP contribution in [0.1, 0.15) is 21.5 Å². The first-order valence-electron chi connectivity index (χ1n) is 8.17. The molecule has 0 bridgehead atoms. The van der Waals surface area contributed by atoms with Gasteiger partial charge in [-0.2, -0.15) is 0 Å². The lowest BCUT2D eigenvalue weighted by Gasteiger charge is -2.32. The molecule has 1 amide bonds. The Labute approximate surface area is 142 Å². The lowest BCUT2D eigenvalue weighted by Crippen LogP contribution is -2.47. The van der Waals surface area contributed by atoms with Crippen LogP contribution in [0.15, 0.2) is 30.6 Å². The zero-order valence-corrected chi connectivity index (χ0v) is 14.4. The summed E-state index contributed by atoms with van der Waals surface area (Å²) in [5, 5.41) is 3.21. The second-order valence-electron chi connectivity index (χ2n) is 6.33. The van der Waals surface area contributed by atoms with Gasteiger partial charge >= 0.3 is 0 Å². The molecule has 1 aromatic carbocycles. The Morgan fingerprint density at radius 1 is 1.08 bits per heavy atom. The zero-order valence-electron chi connectivity index (χ0n) is 14.4. The van der Waals surface area contributed by atoms with Gasteiger partial charge in [0.1, 0.15) is 0 Å². The number of carbonyl (C=O) groups is 1. The van der Waals surface area contributed by atoms with E-state index in [4.69, 9.17) is 0 Å². The third-order valence-corrected chi connectivity index (χ3v) is 4.33. The molecule has 0 saturated carbocycles. The summed E-state index contributed by atoms with van der Waals surface area (Å²) in [5.41, 5.74) is 3.81. The minimum absolute atomic E-state index is 0.00128. The molecule has 0 atom stereocenters. The molecule has 1 aromatic heterocycles. The smallest absolute Gasteiger partial charge is 0.257 e. The summed E-state index contributed by atoms with van der Waals surface area (Å²) in [6.45, 7) is 7.38. The predicted octanol–water partition coefficient (Wildman–Crippen LogP) is 2.22. The Morgan fingerprint density at radius 3 is 2.42 bits per heavy atom. The molecule has 0 unspecified atom stereocenters. The van der Waals surface area contributed by atoms with E-state index in [-0.39, 0.29) is 5.91 Å². The van der Waals surface area contributed by atoms with Crippen LogP contribution in [0.25, 0.3) is 0 Å². The van der Waals surface area contributed by atoms with Gasteiger partial charge in [-0.1, -0.05) is 12.1 Å². The van der Waals surface area contributed by atoms with E-state index in [0.29, 0.717) is 11.5 Å². The average molecular weight is 325 g/mol. The van der Waals surface area contributed by atoms with Crippen molar-refractivity contribution in [3.05, 3.63) is 47.3 Å². The van der Waals surface area contributed by atoms with Crippen molar-refractivity contribution in [2.24, 2.45) is 0 Å². The maximum Gasteiger partial charge on any atom is 0.257 e. The van der Waals surface area contributed by atoms with Crippen molar-refractivity contribution >= 4 is 17.5 Å². The van der Waals surface area contributed by atoms with Gasteiger partial charge < -0.3 is 15.1 Å². The summed E-state index contributed by atoms with van der Waals surface area (Å²) in [4.78, 5) is 25.2. The monoisotopic (exact) mass is 325 g/mol. The van der Waals surface area contributed by atoms with Gasteiger partial charge in [0.2, 0.25) is 5.95 Å². The van der Waals surface area contributed by atoms with Gasteiger partial charge in [0.25, 0.3) is 5.91 Å². The molecule has 0 aliphatic carbocycles. The number of anilines is 2. The van der Waals surface area contributed by atoms with E-state index in [9.17, 15) is 4.79 Å². The number of benzene rings is 1. The van der Waals surface area contributed by atoms with Crippen LogP contribution >= 0.6 is 0 Å².